The summed E-state index contributed by atoms with van der Waals surface area (Å²) in [6, 6.07) is 2.42. The van der Waals surface area contributed by atoms with Gasteiger partial charge in [0.25, 0.3) is 0 Å². The van der Waals surface area contributed by atoms with E-state index in [0.717, 1.165) is 0 Å². The smallest absolute Gasteiger partial charge is 0.239 e. The van der Waals surface area contributed by atoms with Gasteiger partial charge in [0, 0.05) is 4.90 Å². The highest BCUT2D eigenvalue weighted by Gasteiger charge is 2.26. The van der Waals surface area contributed by atoms with Gasteiger partial charge in [0.15, 0.2) is 0 Å². The van der Waals surface area contributed by atoms with Crippen molar-refractivity contribution in [3.05, 3.63) is 17.2 Å². The Bertz CT molecular complexity index is 607. The molecule has 2 rings (SSSR count). The quantitative estimate of drug-likeness (QED) is 0.572. The van der Waals surface area contributed by atoms with Gasteiger partial charge in [-0.1, -0.05) is 11.6 Å². The van der Waals surface area contributed by atoms with Gasteiger partial charge in [-0.3, -0.25) is 0 Å². The number of rotatable bonds is 4. The molecular formula is C10H14ClN3O4S2. The normalized spacial score (nSPS) is 16.1. The maximum Gasteiger partial charge on any atom is 0.239 e. The SMILES string of the molecule is NS(=O)(=O)c1cc2c(cc1Cl)NCN(C(CO)CO)S2. The molecule has 7 nitrogen and oxygen atoms in total. The molecule has 0 amide bonds. The van der Waals surface area contributed by atoms with Gasteiger partial charge < -0.3 is 15.5 Å². The fourth-order valence-corrected chi connectivity index (χ4v) is 3.97. The Kier molecular flexibility index (Phi) is 4.80. The number of fused-ring (bicyclic) bond motifs is 1. The standard InChI is InChI=1S/C10H14ClN3O4S2/c11-7-1-8-9(2-10(7)20(12,17)18)19-14(5-13-8)6(3-15)4-16/h1-2,6,13,15-16H,3-5H2,(H2,12,17,18). The van der Waals surface area contributed by atoms with Crippen molar-refractivity contribution in [1.29, 1.82) is 0 Å². The molecule has 5 N–H and O–H groups in total. The van der Waals surface area contributed by atoms with Gasteiger partial charge >= 0.3 is 0 Å². The van der Waals surface area contributed by atoms with Crippen LogP contribution in [0, 0.1) is 0 Å². The van der Waals surface area contributed by atoms with Gasteiger partial charge in [-0.15, -0.1) is 0 Å². The lowest BCUT2D eigenvalue weighted by Gasteiger charge is -2.33. The lowest BCUT2D eigenvalue weighted by atomic mass is 10.3. The van der Waals surface area contributed by atoms with Gasteiger partial charge in [-0.2, -0.15) is 0 Å². The number of primary sulfonamides is 1. The first-order valence-corrected chi connectivity index (χ1v) is 8.33. The molecule has 20 heavy (non-hydrogen) atoms. The fraction of sp³-hybridized carbons (Fsp3) is 0.400. The zero-order valence-corrected chi connectivity index (χ0v) is 12.7. The van der Waals surface area contributed by atoms with Gasteiger partial charge in [0.1, 0.15) is 4.90 Å². The maximum atomic E-state index is 11.4. The highest BCUT2D eigenvalue weighted by Crippen LogP contribution is 2.39. The van der Waals surface area contributed by atoms with Gasteiger partial charge in [-0.25, -0.2) is 17.9 Å². The Balaban J connectivity index is 2.36. The average Bonchev–Trinajstić information content (AvgIpc) is 2.38. The number of nitrogens with zero attached hydrogens (tertiary/aromatic N) is 1. The van der Waals surface area contributed by atoms with Crippen molar-refractivity contribution >= 4 is 39.3 Å². The second-order valence-electron chi connectivity index (χ2n) is 4.19. The molecule has 0 spiro atoms. The number of nitrogens with one attached hydrogen (secondary N) is 1. The van der Waals surface area contributed by atoms with E-state index < -0.39 is 16.1 Å². The number of nitrogens with two attached hydrogens (primary N) is 1. The molecular weight excluding hydrogens is 326 g/mol. The predicted octanol–water partition coefficient (Wildman–Crippen LogP) is 0.0327. The summed E-state index contributed by atoms with van der Waals surface area (Å²) < 4.78 is 24.6. The molecule has 0 radical (unpaired) electrons. The molecule has 1 aliphatic rings. The van der Waals surface area contributed by atoms with Crippen molar-refractivity contribution in [3.8, 4) is 0 Å². The third-order valence-corrected chi connectivity index (χ3v) is 5.38. The molecule has 0 saturated carbocycles. The fourth-order valence-electron chi connectivity index (χ4n) is 1.73. The van der Waals surface area contributed by atoms with Crippen LogP contribution in [0.15, 0.2) is 21.9 Å². The van der Waals surface area contributed by atoms with Gasteiger partial charge in [0.2, 0.25) is 10.0 Å². The minimum atomic E-state index is -3.91. The number of aliphatic hydroxyl groups is 2. The monoisotopic (exact) mass is 339 g/mol. The van der Waals surface area contributed by atoms with Crippen LogP contribution < -0.4 is 10.5 Å². The molecule has 0 atom stereocenters. The van der Waals surface area contributed by atoms with Crippen molar-refractivity contribution in [2.45, 2.75) is 15.8 Å². The van der Waals surface area contributed by atoms with Gasteiger partial charge in [0.05, 0.1) is 36.6 Å². The Morgan fingerprint density at radius 3 is 2.65 bits per heavy atom. The molecule has 0 aromatic heterocycles. The molecule has 1 aromatic rings. The Morgan fingerprint density at radius 2 is 2.10 bits per heavy atom. The largest absolute Gasteiger partial charge is 0.395 e. The second-order valence-corrected chi connectivity index (χ2v) is 7.21. The second kappa shape index (κ2) is 6.06. The van der Waals surface area contributed by atoms with Crippen LogP contribution in [0.3, 0.4) is 0 Å². The predicted molar refractivity (Wildman–Crippen MR) is 77.0 cm³/mol. The highest BCUT2D eigenvalue weighted by molar-refractivity contribution is 7.97. The van der Waals surface area contributed by atoms with Crippen LogP contribution in [0.2, 0.25) is 5.02 Å². The van der Waals surface area contributed by atoms with Crippen LogP contribution in [0.4, 0.5) is 5.69 Å². The molecule has 1 aromatic carbocycles. The third kappa shape index (κ3) is 3.19. The number of aliphatic hydroxyl groups excluding tert-OH is 2. The number of halogens is 1. The van der Waals surface area contributed by atoms with E-state index in [1.54, 1.807) is 4.31 Å². The number of hydrogen-bond acceptors (Lipinski definition) is 7. The van der Waals surface area contributed by atoms with E-state index in [-0.39, 0.29) is 23.1 Å². The van der Waals surface area contributed by atoms with Crippen molar-refractivity contribution in [2.75, 3.05) is 25.2 Å². The van der Waals surface area contributed by atoms with E-state index in [1.165, 1.54) is 24.1 Å². The van der Waals surface area contributed by atoms with E-state index in [4.69, 9.17) is 16.7 Å². The zero-order valence-electron chi connectivity index (χ0n) is 10.3. The molecule has 0 saturated heterocycles. The van der Waals surface area contributed by atoms with E-state index in [0.29, 0.717) is 17.3 Å². The van der Waals surface area contributed by atoms with Crippen LogP contribution in [-0.4, -0.2) is 48.9 Å². The molecule has 0 aliphatic carbocycles. The molecule has 10 heteroatoms. The van der Waals surface area contributed by atoms with Crippen LogP contribution in [0.1, 0.15) is 0 Å². The minimum Gasteiger partial charge on any atom is -0.395 e. The summed E-state index contributed by atoms with van der Waals surface area (Å²) in [6.07, 6.45) is 0. The maximum absolute atomic E-state index is 11.4. The molecule has 1 aliphatic heterocycles. The van der Waals surface area contributed by atoms with E-state index in [1.807, 2.05) is 0 Å². The topological polar surface area (TPSA) is 116 Å². The summed E-state index contributed by atoms with van der Waals surface area (Å²) >= 11 is 7.12. The molecule has 0 fully saturated rings. The summed E-state index contributed by atoms with van der Waals surface area (Å²) in [7, 11) is -3.91. The van der Waals surface area contributed by atoms with Crippen LogP contribution in [-0.2, 0) is 10.0 Å². The summed E-state index contributed by atoms with van der Waals surface area (Å²) in [4.78, 5) is 0.454. The first-order valence-electron chi connectivity index (χ1n) is 5.63. The van der Waals surface area contributed by atoms with Crippen LogP contribution in [0.25, 0.3) is 0 Å². The Morgan fingerprint density at radius 1 is 1.45 bits per heavy atom. The molecule has 0 bridgehead atoms. The minimum absolute atomic E-state index is 0.0497. The number of anilines is 1. The lowest BCUT2D eigenvalue weighted by Crippen LogP contribution is -2.40. The number of benzene rings is 1. The first-order chi connectivity index (χ1) is 9.36. The Hall–Kier alpha value is -0.550. The van der Waals surface area contributed by atoms with Crippen molar-refractivity contribution in [2.24, 2.45) is 5.14 Å². The third-order valence-electron chi connectivity index (χ3n) is 2.81. The zero-order chi connectivity index (χ0) is 14.9. The molecule has 0 unspecified atom stereocenters. The highest BCUT2D eigenvalue weighted by atomic mass is 35.5. The van der Waals surface area contributed by atoms with Crippen molar-refractivity contribution in [3.63, 3.8) is 0 Å². The number of hydrogen-bond donors (Lipinski definition) is 4. The van der Waals surface area contributed by atoms with E-state index in [2.05, 4.69) is 5.32 Å². The van der Waals surface area contributed by atoms with Crippen LogP contribution in [0.5, 0.6) is 0 Å². The van der Waals surface area contributed by atoms with Crippen LogP contribution >= 0.6 is 23.5 Å². The van der Waals surface area contributed by atoms with E-state index in [9.17, 15) is 18.6 Å². The lowest BCUT2D eigenvalue weighted by molar-refractivity contribution is 0.132. The number of sulfonamides is 1. The summed E-state index contributed by atoms with van der Waals surface area (Å²) in [5.41, 5.74) is 0.679. The Labute approximate surface area is 125 Å². The van der Waals surface area contributed by atoms with Crippen molar-refractivity contribution < 1.29 is 18.6 Å². The summed E-state index contributed by atoms with van der Waals surface area (Å²) in [6.45, 7) is -0.0409. The first kappa shape index (κ1) is 15.8. The van der Waals surface area contributed by atoms with Gasteiger partial charge in [-0.05, 0) is 24.1 Å². The molecule has 1 heterocycles. The molecule has 112 valence electrons. The average molecular weight is 340 g/mol. The summed E-state index contributed by atoms with van der Waals surface area (Å²) in [5.74, 6) is 0. The van der Waals surface area contributed by atoms with E-state index >= 15 is 0 Å². The summed E-state index contributed by atoms with van der Waals surface area (Å²) in [5, 5.41) is 26.5. The van der Waals surface area contributed by atoms with Crippen molar-refractivity contribution in [1.82, 2.24) is 4.31 Å².